The van der Waals surface area contributed by atoms with Crippen LogP contribution in [0.2, 0.25) is 0 Å². The minimum absolute atomic E-state index is 0.153. The molecule has 0 radical (unpaired) electrons. The molecule has 4 aliphatic carbocycles. The van der Waals surface area contributed by atoms with Gasteiger partial charge >= 0.3 is 0 Å². The molecule has 0 amide bonds. The summed E-state index contributed by atoms with van der Waals surface area (Å²) in [5.41, 5.74) is 23.9. The molecule has 0 aliphatic heterocycles. The second kappa shape index (κ2) is 19.9. The van der Waals surface area contributed by atoms with Gasteiger partial charge in [-0.3, -0.25) is 0 Å². The fourth-order valence-electron chi connectivity index (χ4n) is 13.0. The van der Waals surface area contributed by atoms with Crippen molar-refractivity contribution in [1.82, 2.24) is 0 Å². The molecular formula is C75H58N4. The zero-order valence-corrected chi connectivity index (χ0v) is 44.2. The van der Waals surface area contributed by atoms with Gasteiger partial charge in [-0.1, -0.05) is 171 Å². The second-order valence-electron chi connectivity index (χ2n) is 21.0. The molecule has 378 valence electrons. The van der Waals surface area contributed by atoms with Crippen molar-refractivity contribution in [2.24, 2.45) is 5.92 Å². The summed E-state index contributed by atoms with van der Waals surface area (Å²) in [5.74, 6) is 0.153. The van der Waals surface area contributed by atoms with Crippen LogP contribution in [0.3, 0.4) is 0 Å². The maximum atomic E-state index is 4.67. The Morgan fingerprint density at radius 3 is 1.11 bits per heavy atom. The van der Waals surface area contributed by atoms with Gasteiger partial charge in [0.25, 0.3) is 0 Å². The summed E-state index contributed by atoms with van der Waals surface area (Å²) < 4.78 is 0. The summed E-state index contributed by atoms with van der Waals surface area (Å²) in [6.45, 7) is 7.13. The first kappa shape index (κ1) is 47.5. The Balaban J connectivity index is 1.10. The predicted molar refractivity (Wildman–Crippen MR) is 331 cm³/mol. The Hall–Kier alpha value is -9.90. The number of para-hydroxylation sites is 7. The molecule has 0 saturated carbocycles. The monoisotopic (exact) mass is 1010 g/mol. The first-order chi connectivity index (χ1) is 39.0. The predicted octanol–water partition coefficient (Wildman–Crippen LogP) is 20.0. The highest BCUT2D eigenvalue weighted by atomic mass is 15.2. The molecule has 0 fully saturated rings. The Morgan fingerprint density at radius 1 is 0.380 bits per heavy atom. The van der Waals surface area contributed by atoms with Gasteiger partial charge < -0.3 is 19.6 Å². The van der Waals surface area contributed by atoms with E-state index in [1.54, 1.807) is 0 Å². The van der Waals surface area contributed by atoms with Crippen LogP contribution < -0.4 is 19.6 Å². The Labute approximate surface area is 464 Å². The molecule has 1 spiro atoms. The van der Waals surface area contributed by atoms with Crippen molar-refractivity contribution < 1.29 is 0 Å². The van der Waals surface area contributed by atoms with Crippen LogP contribution in [0.1, 0.15) is 42.0 Å². The number of nitrogens with zero attached hydrogens (tertiary/aromatic N) is 4. The van der Waals surface area contributed by atoms with Crippen LogP contribution in [-0.2, 0) is 5.41 Å². The van der Waals surface area contributed by atoms with Gasteiger partial charge in [-0.05, 0) is 202 Å². The number of hydrogen-bond donors (Lipinski definition) is 0. The lowest BCUT2D eigenvalue weighted by molar-refractivity contribution is 0.695. The number of allylic oxidation sites excluding steroid dienone is 8. The molecule has 0 N–H and O–H groups in total. The van der Waals surface area contributed by atoms with Crippen molar-refractivity contribution in [2.45, 2.75) is 25.2 Å². The summed E-state index contributed by atoms with van der Waals surface area (Å²) in [6.07, 6.45) is 10.8. The number of hydrogen-bond acceptors (Lipinski definition) is 4. The SMILES string of the molecule is C=C1CC=CC=C1N(c1ccccc1)c1ccc2c(c1)[C@]1(C3=C(c4ccc(N(c5ccccc5)c5ccccc5)cc41)C(C)CC(N(c1ccccc1)c1ccccc1)=C3)c1cc(N(c3ccccc3)c3ccccc3)ccc1-2. The van der Waals surface area contributed by atoms with Crippen LogP contribution in [0.25, 0.3) is 16.7 Å². The van der Waals surface area contributed by atoms with Gasteiger partial charge in [0, 0.05) is 68.3 Å². The van der Waals surface area contributed by atoms with Gasteiger partial charge in [-0.2, -0.15) is 0 Å². The fourth-order valence-corrected chi connectivity index (χ4v) is 13.0. The molecule has 4 heteroatoms. The van der Waals surface area contributed by atoms with Crippen LogP contribution in [0.5, 0.6) is 0 Å². The molecular weight excluding hydrogens is 957 g/mol. The van der Waals surface area contributed by atoms with Crippen LogP contribution >= 0.6 is 0 Å². The van der Waals surface area contributed by atoms with E-state index in [0.29, 0.717) is 0 Å². The molecule has 0 heterocycles. The van der Waals surface area contributed by atoms with E-state index < -0.39 is 5.41 Å². The normalized spacial score (nSPS) is 16.6. The topological polar surface area (TPSA) is 13.0 Å². The minimum atomic E-state index is -0.797. The maximum absolute atomic E-state index is 4.67. The van der Waals surface area contributed by atoms with E-state index in [1.165, 1.54) is 50.2 Å². The summed E-state index contributed by atoms with van der Waals surface area (Å²) in [4.78, 5) is 9.76. The zero-order chi connectivity index (χ0) is 52.9. The molecule has 14 rings (SSSR count). The van der Waals surface area contributed by atoms with Crippen molar-refractivity contribution in [3.05, 3.63) is 343 Å². The highest BCUT2D eigenvalue weighted by Crippen LogP contribution is 2.66. The van der Waals surface area contributed by atoms with Crippen molar-refractivity contribution in [2.75, 3.05) is 19.6 Å². The summed E-state index contributed by atoms with van der Waals surface area (Å²) in [6, 6.07) is 97.8. The number of benzene rings is 10. The fraction of sp³-hybridized carbons (Fsp3) is 0.0667. The Morgan fingerprint density at radius 2 is 0.722 bits per heavy atom. The molecule has 0 aromatic heterocycles. The van der Waals surface area contributed by atoms with E-state index in [9.17, 15) is 0 Å². The molecule has 0 saturated heterocycles. The quantitative estimate of drug-likeness (QED) is 0.121. The largest absolute Gasteiger partial charge is 0.314 e. The van der Waals surface area contributed by atoms with Crippen LogP contribution in [0.15, 0.2) is 320 Å². The number of fused-ring (bicyclic) bond motifs is 9. The van der Waals surface area contributed by atoms with Crippen molar-refractivity contribution in [1.29, 1.82) is 0 Å². The lowest BCUT2D eigenvalue weighted by atomic mass is 9.68. The van der Waals surface area contributed by atoms with E-state index in [4.69, 9.17) is 0 Å². The molecule has 4 nitrogen and oxygen atoms in total. The molecule has 4 aliphatic rings. The first-order valence-electron chi connectivity index (χ1n) is 27.5. The first-order valence-corrected chi connectivity index (χ1v) is 27.5. The van der Waals surface area contributed by atoms with Gasteiger partial charge in [0.05, 0.1) is 5.41 Å². The summed E-state index contributed by atoms with van der Waals surface area (Å²) in [5, 5.41) is 0. The molecule has 79 heavy (non-hydrogen) atoms. The smallest absolute Gasteiger partial charge is 0.0725 e. The standard InChI is InChI=1S/C75H58N4/c1-53-26-24-25-41-73(53)79(61-39-22-9-23-40-61)64-43-46-67-66-45-42-62(76(55-27-10-3-11-28-55)56-29-12-4-13-30-56)49-69(66)75(70(67)51-64)71-50-63(77(57-31-14-5-15-32-57)58-33-16-6-17-34-58)44-47-68(71)74-54(2)48-65(52-72(74)75)78(59-35-18-7-19-36-59)60-37-20-8-21-38-60/h3-25,27-47,49-52,54H,1,26,48H2,2H3/t54?,75-/m1/s1. The van der Waals surface area contributed by atoms with E-state index in [-0.39, 0.29) is 5.92 Å². The lowest BCUT2D eigenvalue weighted by Crippen LogP contribution is -2.30. The molecule has 1 unspecified atom stereocenters. The van der Waals surface area contributed by atoms with Crippen molar-refractivity contribution in [3.8, 4) is 11.1 Å². The number of rotatable bonds is 12. The molecule has 10 aromatic carbocycles. The molecule has 0 bridgehead atoms. The van der Waals surface area contributed by atoms with Gasteiger partial charge in [-0.25, -0.2) is 0 Å². The van der Waals surface area contributed by atoms with Crippen molar-refractivity contribution in [3.63, 3.8) is 0 Å². The van der Waals surface area contributed by atoms with Crippen molar-refractivity contribution >= 4 is 62.4 Å². The maximum Gasteiger partial charge on any atom is 0.0725 e. The van der Waals surface area contributed by atoms with Crippen LogP contribution in [0, 0.1) is 5.92 Å². The lowest BCUT2D eigenvalue weighted by Gasteiger charge is -2.38. The van der Waals surface area contributed by atoms with Gasteiger partial charge in [-0.15, -0.1) is 0 Å². The summed E-state index contributed by atoms with van der Waals surface area (Å²) in [7, 11) is 0. The molecule has 2 atom stereocenters. The number of anilines is 10. The molecule has 10 aromatic rings. The summed E-state index contributed by atoms with van der Waals surface area (Å²) >= 11 is 0. The van der Waals surface area contributed by atoms with Gasteiger partial charge in [0.1, 0.15) is 0 Å². The second-order valence-corrected chi connectivity index (χ2v) is 21.0. The van der Waals surface area contributed by atoms with E-state index in [0.717, 1.165) is 81.0 Å². The third-order valence-corrected chi connectivity index (χ3v) is 16.3. The van der Waals surface area contributed by atoms with Gasteiger partial charge in [0.15, 0.2) is 0 Å². The van der Waals surface area contributed by atoms with E-state index >= 15 is 0 Å². The van der Waals surface area contributed by atoms with Crippen LogP contribution in [0.4, 0.5) is 56.9 Å². The zero-order valence-electron chi connectivity index (χ0n) is 44.2. The highest BCUT2D eigenvalue weighted by Gasteiger charge is 2.55. The highest BCUT2D eigenvalue weighted by molar-refractivity contribution is 6.00. The third kappa shape index (κ3) is 8.06. The van der Waals surface area contributed by atoms with E-state index in [1.807, 2.05) is 0 Å². The minimum Gasteiger partial charge on any atom is -0.314 e. The third-order valence-electron chi connectivity index (χ3n) is 16.3. The Bertz CT molecular complexity index is 3920. The van der Waals surface area contributed by atoms with Crippen LogP contribution in [-0.4, -0.2) is 0 Å². The average Bonchev–Trinajstić information content (AvgIpc) is 3.94. The Kier molecular flexibility index (Phi) is 12.0. The van der Waals surface area contributed by atoms with Gasteiger partial charge in [0.2, 0.25) is 0 Å². The van der Waals surface area contributed by atoms with E-state index in [2.05, 4.69) is 324 Å². The average molecular weight is 1020 g/mol.